The third-order valence-corrected chi connectivity index (χ3v) is 9.12. The highest BCUT2D eigenvalue weighted by atomic mass is 16.5. The Morgan fingerprint density at radius 2 is 0.660 bits per heavy atom. The molecule has 0 saturated carbocycles. The van der Waals surface area contributed by atoms with Gasteiger partial charge in [0.15, 0.2) is 0 Å². The Hall–Kier alpha value is -1.06. The SMILES string of the molecule is CCCCCCCCCCCCCCCC(=O)OC(C)C.CCCCCCCCCCCCCCCC(=O)OC(CCC)CCCC. The third-order valence-electron chi connectivity index (χ3n) is 9.12. The molecule has 0 aromatic heterocycles. The van der Waals surface area contributed by atoms with E-state index in [0.717, 1.165) is 38.5 Å². The predicted octanol–water partition coefficient (Wildman–Crippen LogP) is 14.8. The highest BCUT2D eigenvalue weighted by Gasteiger charge is 2.13. The fourth-order valence-corrected chi connectivity index (χ4v) is 6.16. The molecule has 0 heterocycles. The van der Waals surface area contributed by atoms with Crippen molar-refractivity contribution >= 4 is 11.9 Å². The standard InChI is InChI=1S/C24H48O2.C19H38O2/c1-4-7-9-10-11-12-13-14-15-16-17-18-19-22-24(25)26-23(20-6-3)21-8-5-2;1-4-5-6-7-8-9-10-11-12-13-14-15-16-17-19(20)21-18(2)3/h23H,4-22H2,1-3H3;18H,4-17H2,1-3H3. The van der Waals surface area contributed by atoms with Gasteiger partial charge in [0.25, 0.3) is 0 Å². The minimum Gasteiger partial charge on any atom is -0.463 e. The van der Waals surface area contributed by atoms with E-state index in [1.807, 2.05) is 13.8 Å². The van der Waals surface area contributed by atoms with Crippen LogP contribution in [0, 0.1) is 0 Å². The van der Waals surface area contributed by atoms with Crippen LogP contribution in [0.2, 0.25) is 0 Å². The van der Waals surface area contributed by atoms with E-state index in [2.05, 4.69) is 27.7 Å². The summed E-state index contributed by atoms with van der Waals surface area (Å²) in [4.78, 5) is 23.3. The summed E-state index contributed by atoms with van der Waals surface area (Å²) in [6, 6.07) is 0. The van der Waals surface area contributed by atoms with Crippen molar-refractivity contribution in [3.8, 4) is 0 Å². The molecule has 0 bridgehead atoms. The van der Waals surface area contributed by atoms with Gasteiger partial charge in [0.1, 0.15) is 6.10 Å². The molecule has 0 aromatic carbocycles. The lowest BCUT2D eigenvalue weighted by molar-refractivity contribution is -0.150. The van der Waals surface area contributed by atoms with Crippen LogP contribution in [0.15, 0.2) is 0 Å². The molecule has 0 aliphatic heterocycles. The van der Waals surface area contributed by atoms with Gasteiger partial charge in [-0.15, -0.1) is 0 Å². The first-order chi connectivity index (χ1) is 22.9. The lowest BCUT2D eigenvalue weighted by Gasteiger charge is -2.17. The van der Waals surface area contributed by atoms with Gasteiger partial charge in [0.05, 0.1) is 6.10 Å². The number of ether oxygens (including phenoxy) is 2. The van der Waals surface area contributed by atoms with E-state index >= 15 is 0 Å². The van der Waals surface area contributed by atoms with Crippen LogP contribution in [0.4, 0.5) is 0 Å². The summed E-state index contributed by atoms with van der Waals surface area (Å²) in [5.74, 6) is -0.00398. The molecule has 0 saturated heterocycles. The van der Waals surface area contributed by atoms with Crippen molar-refractivity contribution in [3.63, 3.8) is 0 Å². The highest BCUT2D eigenvalue weighted by molar-refractivity contribution is 5.69. The molecule has 0 radical (unpaired) electrons. The van der Waals surface area contributed by atoms with Gasteiger partial charge >= 0.3 is 11.9 Å². The first-order valence-electron chi connectivity index (χ1n) is 21.3. The zero-order valence-electron chi connectivity index (χ0n) is 33.1. The van der Waals surface area contributed by atoms with Crippen molar-refractivity contribution < 1.29 is 19.1 Å². The summed E-state index contributed by atoms with van der Waals surface area (Å²) in [7, 11) is 0. The molecule has 47 heavy (non-hydrogen) atoms. The molecule has 0 aromatic rings. The molecule has 4 heteroatoms. The van der Waals surface area contributed by atoms with E-state index in [1.165, 1.54) is 161 Å². The zero-order valence-corrected chi connectivity index (χ0v) is 33.1. The Morgan fingerprint density at radius 1 is 0.362 bits per heavy atom. The first-order valence-corrected chi connectivity index (χ1v) is 21.3. The molecule has 0 aliphatic carbocycles. The summed E-state index contributed by atoms with van der Waals surface area (Å²) in [6.07, 6.45) is 41.7. The number of esters is 2. The van der Waals surface area contributed by atoms with Crippen molar-refractivity contribution in [1.29, 1.82) is 0 Å². The van der Waals surface area contributed by atoms with Crippen LogP contribution in [0.3, 0.4) is 0 Å². The van der Waals surface area contributed by atoms with E-state index in [4.69, 9.17) is 9.47 Å². The molecule has 282 valence electrons. The largest absolute Gasteiger partial charge is 0.463 e. The van der Waals surface area contributed by atoms with Gasteiger partial charge < -0.3 is 9.47 Å². The van der Waals surface area contributed by atoms with Gasteiger partial charge in [0.2, 0.25) is 0 Å². The van der Waals surface area contributed by atoms with Crippen LogP contribution in [0.5, 0.6) is 0 Å². The second-order valence-corrected chi connectivity index (χ2v) is 14.6. The van der Waals surface area contributed by atoms with Crippen molar-refractivity contribution in [2.75, 3.05) is 0 Å². The van der Waals surface area contributed by atoms with Crippen molar-refractivity contribution in [1.82, 2.24) is 0 Å². The Morgan fingerprint density at radius 3 is 0.957 bits per heavy atom. The quantitative estimate of drug-likeness (QED) is 0.0499. The molecule has 0 rings (SSSR count). The van der Waals surface area contributed by atoms with Crippen molar-refractivity contribution in [2.24, 2.45) is 0 Å². The van der Waals surface area contributed by atoms with Gasteiger partial charge in [-0.2, -0.15) is 0 Å². The number of hydrogen-bond acceptors (Lipinski definition) is 4. The number of carbonyl (C=O) groups excluding carboxylic acids is 2. The molecular weight excluding hydrogens is 580 g/mol. The Bertz CT molecular complexity index is 617. The molecule has 0 aliphatic rings. The van der Waals surface area contributed by atoms with Crippen LogP contribution in [-0.2, 0) is 19.1 Å². The van der Waals surface area contributed by atoms with Crippen LogP contribution in [-0.4, -0.2) is 24.1 Å². The van der Waals surface area contributed by atoms with Gasteiger partial charge in [-0.1, -0.05) is 201 Å². The molecule has 4 nitrogen and oxygen atoms in total. The monoisotopic (exact) mass is 667 g/mol. The summed E-state index contributed by atoms with van der Waals surface area (Å²) in [6.45, 7) is 12.7. The van der Waals surface area contributed by atoms with Gasteiger partial charge in [-0.25, -0.2) is 0 Å². The number of unbranched alkanes of at least 4 members (excludes halogenated alkanes) is 25. The molecule has 1 atom stereocenters. The van der Waals surface area contributed by atoms with Gasteiger partial charge in [-0.05, 0) is 39.5 Å². The predicted molar refractivity (Wildman–Crippen MR) is 206 cm³/mol. The van der Waals surface area contributed by atoms with E-state index < -0.39 is 0 Å². The van der Waals surface area contributed by atoms with E-state index in [-0.39, 0.29) is 24.1 Å². The van der Waals surface area contributed by atoms with Crippen LogP contribution in [0.25, 0.3) is 0 Å². The second-order valence-electron chi connectivity index (χ2n) is 14.6. The minimum atomic E-state index is -0.0342. The fourth-order valence-electron chi connectivity index (χ4n) is 6.16. The summed E-state index contributed by atoms with van der Waals surface area (Å²) < 4.78 is 10.8. The van der Waals surface area contributed by atoms with Crippen molar-refractivity contribution in [2.45, 2.75) is 266 Å². The second kappa shape index (κ2) is 41.1. The average molecular weight is 667 g/mol. The lowest BCUT2D eigenvalue weighted by Crippen LogP contribution is -2.18. The average Bonchev–Trinajstić information content (AvgIpc) is 3.04. The Labute approximate surface area is 296 Å². The normalized spacial score (nSPS) is 11.7. The summed E-state index contributed by atoms with van der Waals surface area (Å²) in [5, 5.41) is 0. The molecule has 0 fully saturated rings. The molecule has 0 spiro atoms. The number of hydrogen-bond donors (Lipinski definition) is 0. The highest BCUT2D eigenvalue weighted by Crippen LogP contribution is 2.16. The van der Waals surface area contributed by atoms with E-state index in [0.29, 0.717) is 12.8 Å². The Kier molecular flexibility index (Phi) is 42.0. The van der Waals surface area contributed by atoms with E-state index in [1.54, 1.807) is 0 Å². The van der Waals surface area contributed by atoms with Crippen LogP contribution >= 0.6 is 0 Å². The maximum Gasteiger partial charge on any atom is 0.306 e. The lowest BCUT2D eigenvalue weighted by atomic mass is 10.0. The molecule has 0 amide bonds. The number of carbonyl (C=O) groups is 2. The molecular formula is C43H86O4. The minimum absolute atomic E-state index is 0.0273. The summed E-state index contributed by atoms with van der Waals surface area (Å²) >= 11 is 0. The topological polar surface area (TPSA) is 52.6 Å². The van der Waals surface area contributed by atoms with E-state index in [9.17, 15) is 9.59 Å². The molecule has 1 unspecified atom stereocenters. The van der Waals surface area contributed by atoms with Gasteiger partial charge in [-0.3, -0.25) is 9.59 Å². The van der Waals surface area contributed by atoms with Gasteiger partial charge in [0, 0.05) is 12.8 Å². The zero-order chi connectivity index (χ0) is 35.1. The summed E-state index contributed by atoms with van der Waals surface area (Å²) in [5.41, 5.74) is 0. The maximum absolute atomic E-state index is 12.0. The number of rotatable bonds is 35. The first kappa shape index (κ1) is 48.1. The molecule has 0 N–H and O–H groups in total. The fraction of sp³-hybridized carbons (Fsp3) is 0.953. The van der Waals surface area contributed by atoms with Crippen molar-refractivity contribution in [3.05, 3.63) is 0 Å². The third kappa shape index (κ3) is 42.9. The van der Waals surface area contributed by atoms with Crippen LogP contribution < -0.4 is 0 Å². The van der Waals surface area contributed by atoms with Crippen LogP contribution in [0.1, 0.15) is 253 Å². The Balaban J connectivity index is 0. The smallest absolute Gasteiger partial charge is 0.306 e. The maximum atomic E-state index is 12.0.